The highest BCUT2D eigenvalue weighted by Crippen LogP contribution is 2.24. The number of nitrogens with zero attached hydrogens (tertiary/aromatic N) is 1. The highest BCUT2D eigenvalue weighted by atomic mass is 19.3. The fourth-order valence-electron chi connectivity index (χ4n) is 2.57. The van der Waals surface area contributed by atoms with E-state index in [-0.39, 0.29) is 25.5 Å². The van der Waals surface area contributed by atoms with E-state index < -0.39 is 30.5 Å². The standard InChI is InChI=1S/C12H17F2N3O4/c13-8(14)6-21-5-2-9(18)17-4-1-3-12(7-17)10(19)15-11(20)16-12/h8H,1-7H2,(H2,15,16,19,20). The van der Waals surface area contributed by atoms with Crippen LogP contribution < -0.4 is 10.6 Å². The van der Waals surface area contributed by atoms with E-state index in [1.165, 1.54) is 4.90 Å². The number of rotatable bonds is 5. The largest absolute Gasteiger partial charge is 0.375 e. The molecule has 0 radical (unpaired) electrons. The van der Waals surface area contributed by atoms with Crippen LogP contribution >= 0.6 is 0 Å². The number of hydrogen-bond acceptors (Lipinski definition) is 4. The number of ether oxygens (including phenoxy) is 1. The number of carbonyl (C=O) groups is 3. The second-order valence-corrected chi connectivity index (χ2v) is 5.13. The summed E-state index contributed by atoms with van der Waals surface area (Å²) in [5, 5.41) is 4.73. The molecule has 0 aromatic rings. The number of alkyl halides is 2. The predicted molar refractivity (Wildman–Crippen MR) is 66.7 cm³/mol. The van der Waals surface area contributed by atoms with E-state index in [0.29, 0.717) is 19.4 Å². The molecule has 7 nitrogen and oxygen atoms in total. The highest BCUT2D eigenvalue weighted by Gasteiger charge is 2.49. The molecule has 2 N–H and O–H groups in total. The van der Waals surface area contributed by atoms with E-state index >= 15 is 0 Å². The molecular formula is C12H17F2N3O4. The summed E-state index contributed by atoms with van der Waals surface area (Å²) in [7, 11) is 0. The maximum Gasteiger partial charge on any atom is 0.322 e. The molecule has 0 aromatic carbocycles. The lowest BCUT2D eigenvalue weighted by Gasteiger charge is -2.38. The van der Waals surface area contributed by atoms with Gasteiger partial charge in [-0.1, -0.05) is 0 Å². The lowest BCUT2D eigenvalue weighted by molar-refractivity contribution is -0.137. The summed E-state index contributed by atoms with van der Waals surface area (Å²) in [5.41, 5.74) is -1.06. The molecule has 2 rings (SSSR count). The molecule has 21 heavy (non-hydrogen) atoms. The van der Waals surface area contributed by atoms with Crippen LogP contribution in [0.15, 0.2) is 0 Å². The summed E-state index contributed by atoms with van der Waals surface area (Å²) in [6.07, 6.45) is -1.54. The molecule has 2 saturated heterocycles. The first kappa shape index (κ1) is 15.6. The second-order valence-electron chi connectivity index (χ2n) is 5.13. The zero-order valence-electron chi connectivity index (χ0n) is 11.4. The lowest BCUT2D eigenvalue weighted by Crippen LogP contribution is -2.59. The predicted octanol–water partition coefficient (Wildman–Crippen LogP) is -0.141. The molecule has 1 spiro atoms. The first-order valence-electron chi connectivity index (χ1n) is 6.70. The van der Waals surface area contributed by atoms with Crippen molar-refractivity contribution in [3.05, 3.63) is 0 Å². The molecule has 9 heteroatoms. The number of halogens is 2. The Bertz CT molecular complexity index is 446. The van der Waals surface area contributed by atoms with Crippen LogP contribution in [-0.2, 0) is 14.3 Å². The van der Waals surface area contributed by atoms with Crippen molar-refractivity contribution in [2.24, 2.45) is 0 Å². The van der Waals surface area contributed by atoms with Gasteiger partial charge in [0.25, 0.3) is 12.3 Å². The Hall–Kier alpha value is -1.77. The van der Waals surface area contributed by atoms with Crippen molar-refractivity contribution < 1.29 is 27.9 Å². The molecule has 0 aromatic heterocycles. The number of hydrogen-bond donors (Lipinski definition) is 2. The van der Waals surface area contributed by atoms with Crippen molar-refractivity contribution in [1.29, 1.82) is 0 Å². The Morgan fingerprint density at radius 1 is 1.43 bits per heavy atom. The monoisotopic (exact) mass is 305 g/mol. The highest BCUT2D eigenvalue weighted by molar-refractivity contribution is 6.07. The van der Waals surface area contributed by atoms with Gasteiger partial charge in [-0.05, 0) is 12.8 Å². The van der Waals surface area contributed by atoms with Gasteiger partial charge in [-0.3, -0.25) is 14.9 Å². The Balaban J connectivity index is 1.85. The van der Waals surface area contributed by atoms with Gasteiger partial charge in [0.15, 0.2) is 0 Å². The molecule has 118 valence electrons. The third kappa shape index (κ3) is 3.66. The van der Waals surface area contributed by atoms with E-state index in [2.05, 4.69) is 15.4 Å². The number of amides is 4. The Morgan fingerprint density at radius 3 is 2.81 bits per heavy atom. The van der Waals surface area contributed by atoms with Crippen LogP contribution in [0, 0.1) is 0 Å². The summed E-state index contributed by atoms with van der Waals surface area (Å²) in [6.45, 7) is -0.224. The van der Waals surface area contributed by atoms with E-state index in [4.69, 9.17) is 0 Å². The van der Waals surface area contributed by atoms with E-state index in [1.807, 2.05) is 0 Å². The minimum atomic E-state index is -2.56. The second kappa shape index (κ2) is 6.33. The SMILES string of the molecule is O=C1NC(=O)C2(CCCN(C(=O)CCOCC(F)F)C2)N1. The molecule has 4 amide bonds. The van der Waals surface area contributed by atoms with Crippen molar-refractivity contribution in [2.75, 3.05) is 26.3 Å². The molecule has 0 saturated carbocycles. The van der Waals surface area contributed by atoms with Crippen LogP contribution in [-0.4, -0.2) is 61.0 Å². The van der Waals surface area contributed by atoms with E-state index in [0.717, 1.165) is 0 Å². The smallest absolute Gasteiger partial charge is 0.322 e. The van der Waals surface area contributed by atoms with E-state index in [9.17, 15) is 23.2 Å². The maximum absolute atomic E-state index is 12.0. The summed E-state index contributed by atoms with van der Waals surface area (Å²) in [6, 6.07) is -0.561. The first-order chi connectivity index (χ1) is 9.93. The molecule has 2 fully saturated rings. The van der Waals surface area contributed by atoms with Gasteiger partial charge >= 0.3 is 6.03 Å². The van der Waals surface area contributed by atoms with E-state index in [1.54, 1.807) is 0 Å². The van der Waals surface area contributed by atoms with Gasteiger partial charge in [0.2, 0.25) is 5.91 Å². The Kier molecular flexibility index (Phi) is 4.71. The average molecular weight is 305 g/mol. The fraction of sp³-hybridized carbons (Fsp3) is 0.750. The van der Waals surface area contributed by atoms with Gasteiger partial charge in [0, 0.05) is 6.54 Å². The summed E-state index contributed by atoms with van der Waals surface area (Å²) < 4.78 is 28.4. The molecule has 1 atom stereocenters. The number of urea groups is 1. The Morgan fingerprint density at radius 2 is 2.19 bits per heavy atom. The van der Waals surface area contributed by atoms with Crippen LogP contribution in [0.1, 0.15) is 19.3 Å². The van der Waals surface area contributed by atoms with Crippen molar-refractivity contribution in [3.8, 4) is 0 Å². The molecule has 1 unspecified atom stereocenters. The van der Waals surface area contributed by atoms with Crippen molar-refractivity contribution >= 4 is 17.8 Å². The summed E-state index contributed by atoms with van der Waals surface area (Å²) in [5.74, 6) is -0.712. The minimum absolute atomic E-state index is 0.0294. The quantitative estimate of drug-likeness (QED) is 0.546. The fourth-order valence-corrected chi connectivity index (χ4v) is 2.57. The third-order valence-electron chi connectivity index (χ3n) is 3.56. The van der Waals surface area contributed by atoms with Crippen LogP contribution in [0.4, 0.5) is 13.6 Å². The molecule has 2 aliphatic rings. The van der Waals surface area contributed by atoms with Gasteiger partial charge in [0.1, 0.15) is 12.1 Å². The van der Waals surface area contributed by atoms with Crippen LogP contribution in [0.3, 0.4) is 0 Å². The summed E-state index contributed by atoms with van der Waals surface area (Å²) >= 11 is 0. The number of carbonyl (C=O) groups excluding carboxylic acids is 3. The van der Waals surface area contributed by atoms with Crippen molar-refractivity contribution in [3.63, 3.8) is 0 Å². The zero-order valence-corrected chi connectivity index (χ0v) is 11.4. The third-order valence-corrected chi connectivity index (χ3v) is 3.56. The molecule has 2 heterocycles. The van der Waals surface area contributed by atoms with Gasteiger partial charge in [-0.25, -0.2) is 13.6 Å². The van der Waals surface area contributed by atoms with Crippen LogP contribution in [0.5, 0.6) is 0 Å². The van der Waals surface area contributed by atoms with Gasteiger partial charge < -0.3 is 15.0 Å². The summed E-state index contributed by atoms with van der Waals surface area (Å²) in [4.78, 5) is 36.5. The zero-order chi connectivity index (χ0) is 15.5. The molecule has 0 bridgehead atoms. The van der Waals surface area contributed by atoms with Crippen LogP contribution in [0.2, 0.25) is 0 Å². The van der Waals surface area contributed by atoms with Gasteiger partial charge in [-0.15, -0.1) is 0 Å². The van der Waals surface area contributed by atoms with Crippen molar-refractivity contribution in [2.45, 2.75) is 31.2 Å². The average Bonchev–Trinajstić information content (AvgIpc) is 2.68. The topological polar surface area (TPSA) is 87.7 Å². The van der Waals surface area contributed by atoms with Gasteiger partial charge in [-0.2, -0.15) is 0 Å². The minimum Gasteiger partial charge on any atom is -0.375 e. The first-order valence-corrected chi connectivity index (χ1v) is 6.70. The lowest BCUT2D eigenvalue weighted by atomic mass is 9.89. The molecule has 2 aliphatic heterocycles. The Labute approximate surface area is 120 Å². The number of nitrogens with one attached hydrogen (secondary N) is 2. The van der Waals surface area contributed by atoms with Gasteiger partial charge in [0.05, 0.1) is 19.6 Å². The normalized spacial score (nSPS) is 25.4. The van der Waals surface area contributed by atoms with Crippen molar-refractivity contribution in [1.82, 2.24) is 15.5 Å². The maximum atomic E-state index is 12.0. The number of piperidine rings is 1. The molecular weight excluding hydrogens is 288 g/mol. The van der Waals surface area contributed by atoms with Crippen LogP contribution in [0.25, 0.3) is 0 Å². The molecule has 0 aliphatic carbocycles. The number of imide groups is 1. The number of likely N-dealkylation sites (tertiary alicyclic amines) is 1.